The highest BCUT2D eigenvalue weighted by atomic mass is 32.2. The molecular weight excluding hydrogens is 644 g/mol. The number of hydrogen-bond donors (Lipinski definition) is 0. The van der Waals surface area contributed by atoms with E-state index in [1.54, 1.807) is 0 Å². The molecule has 0 spiro atoms. The second-order valence-corrected chi connectivity index (χ2v) is 16.7. The third-order valence-corrected chi connectivity index (χ3v) is 11.0. The van der Waals surface area contributed by atoms with Crippen LogP contribution in [-0.4, -0.2) is 65.8 Å². The number of carbonyl (C=O) groups excluding carboxylic acids is 1. The van der Waals surface area contributed by atoms with E-state index in [2.05, 4.69) is 39.0 Å². The van der Waals surface area contributed by atoms with Crippen molar-refractivity contribution in [1.29, 1.82) is 0 Å². The third kappa shape index (κ3) is 14.1. The second-order valence-electron chi connectivity index (χ2n) is 15.1. The summed E-state index contributed by atoms with van der Waals surface area (Å²) in [5.74, 6) is 1.86. The van der Waals surface area contributed by atoms with E-state index in [1.165, 1.54) is 24.5 Å². The minimum atomic E-state index is -3.58. The van der Waals surface area contributed by atoms with Crippen molar-refractivity contribution in [3.63, 3.8) is 0 Å². The van der Waals surface area contributed by atoms with Crippen LogP contribution in [0.3, 0.4) is 0 Å². The Kier molecular flexibility index (Phi) is 16.6. The molecule has 8 atom stereocenters. The van der Waals surface area contributed by atoms with E-state index in [-0.39, 0.29) is 49.0 Å². The number of hydrogen-bond acceptors (Lipinski definition) is 9. The van der Waals surface area contributed by atoms with E-state index in [0.717, 1.165) is 115 Å². The summed E-state index contributed by atoms with van der Waals surface area (Å²) in [5, 5.41) is 0. The van der Waals surface area contributed by atoms with E-state index in [4.69, 9.17) is 27.9 Å². The molecule has 0 radical (unpaired) electrons. The molecule has 0 bridgehead atoms. The third-order valence-electron chi connectivity index (χ3n) is 10.5. The van der Waals surface area contributed by atoms with Gasteiger partial charge in [0, 0.05) is 31.8 Å². The van der Waals surface area contributed by atoms with Crippen LogP contribution in [0.2, 0.25) is 0 Å². The molecule has 49 heavy (non-hydrogen) atoms. The number of fused-ring (bicyclic) bond motifs is 1. The van der Waals surface area contributed by atoms with E-state index < -0.39 is 10.1 Å². The van der Waals surface area contributed by atoms with Crippen molar-refractivity contribution in [1.82, 2.24) is 0 Å². The minimum absolute atomic E-state index is 0.0278. The van der Waals surface area contributed by atoms with Crippen molar-refractivity contribution in [2.24, 2.45) is 29.6 Å². The number of carbonyl (C=O) groups is 1. The van der Waals surface area contributed by atoms with Crippen LogP contribution < -0.4 is 0 Å². The maximum absolute atomic E-state index is 12.0. The molecule has 3 fully saturated rings. The molecule has 2 aliphatic heterocycles. The number of allylic oxidation sites excluding steroid dienone is 4. The molecule has 10 heteroatoms. The summed E-state index contributed by atoms with van der Waals surface area (Å²) in [6.07, 6.45) is 22.2. The van der Waals surface area contributed by atoms with Crippen molar-refractivity contribution in [3.05, 3.63) is 35.1 Å². The molecule has 0 aromatic rings. The van der Waals surface area contributed by atoms with Crippen molar-refractivity contribution in [2.45, 2.75) is 143 Å². The van der Waals surface area contributed by atoms with Crippen molar-refractivity contribution in [3.8, 4) is 0 Å². The topological polar surface area (TPSA) is 107 Å². The average Bonchev–Trinajstić information content (AvgIpc) is 3.59. The summed E-state index contributed by atoms with van der Waals surface area (Å²) in [6, 6.07) is 0. The van der Waals surface area contributed by atoms with Crippen LogP contribution in [0.25, 0.3) is 0 Å². The summed E-state index contributed by atoms with van der Waals surface area (Å²) >= 11 is 0. The van der Waals surface area contributed by atoms with Gasteiger partial charge in [0.05, 0.1) is 32.2 Å². The van der Waals surface area contributed by atoms with Crippen LogP contribution in [0.1, 0.15) is 124 Å². The molecule has 2 heterocycles. The Morgan fingerprint density at radius 3 is 2.29 bits per heavy atom. The van der Waals surface area contributed by atoms with Gasteiger partial charge in [0.15, 0.2) is 12.6 Å². The summed E-state index contributed by atoms with van der Waals surface area (Å²) in [7, 11) is -3.58. The van der Waals surface area contributed by atoms with E-state index in [1.807, 2.05) is 0 Å². The molecule has 4 aliphatic rings. The molecule has 5 unspecified atom stereocenters. The largest absolute Gasteiger partial charge is 0.469 e. The van der Waals surface area contributed by atoms with Gasteiger partial charge < -0.3 is 23.7 Å². The first kappa shape index (κ1) is 40.1. The highest BCUT2D eigenvalue weighted by Gasteiger charge is 2.50. The lowest BCUT2D eigenvalue weighted by atomic mass is 9.89. The number of unbranched alkanes of at least 4 members (excludes halogenated alkanes) is 1. The summed E-state index contributed by atoms with van der Waals surface area (Å²) in [4.78, 5) is 11.2. The highest BCUT2D eigenvalue weighted by molar-refractivity contribution is 7.85. The quantitative estimate of drug-likeness (QED) is 0.0405. The van der Waals surface area contributed by atoms with Crippen LogP contribution in [0.5, 0.6) is 0 Å². The first-order valence-corrected chi connectivity index (χ1v) is 20.9. The van der Waals surface area contributed by atoms with Gasteiger partial charge in [-0.3, -0.25) is 8.98 Å². The SMILES string of the molecule is CC(=O)OCCCCC(COS(C)(=O)=O)C1=CC2C(C1)C[C@H](OC1CCCCO1)[C@H]2C(=CCC[C@H](C)CCC=C(C)C)OC1CCCCO1. The fourth-order valence-electron chi connectivity index (χ4n) is 7.87. The van der Waals surface area contributed by atoms with Gasteiger partial charge in [-0.15, -0.1) is 0 Å². The van der Waals surface area contributed by atoms with E-state index in [9.17, 15) is 13.2 Å². The Labute approximate surface area is 296 Å². The fourth-order valence-corrected chi connectivity index (χ4v) is 8.28. The van der Waals surface area contributed by atoms with Crippen LogP contribution >= 0.6 is 0 Å². The molecule has 280 valence electrons. The van der Waals surface area contributed by atoms with Gasteiger partial charge in [-0.1, -0.05) is 30.2 Å². The van der Waals surface area contributed by atoms with Gasteiger partial charge in [-0.05, 0) is 128 Å². The molecular formula is C39H64O9S. The lowest BCUT2D eigenvalue weighted by Gasteiger charge is -2.33. The van der Waals surface area contributed by atoms with E-state index in [0.29, 0.717) is 18.4 Å². The van der Waals surface area contributed by atoms with Gasteiger partial charge in [-0.2, -0.15) is 8.42 Å². The average molecular weight is 709 g/mol. The van der Waals surface area contributed by atoms with Crippen LogP contribution in [0.4, 0.5) is 0 Å². The normalized spacial score (nSPS) is 28.8. The molecule has 9 nitrogen and oxygen atoms in total. The molecule has 2 aliphatic carbocycles. The Morgan fingerprint density at radius 2 is 1.65 bits per heavy atom. The Bertz CT molecular complexity index is 1210. The maximum Gasteiger partial charge on any atom is 0.302 e. The summed E-state index contributed by atoms with van der Waals surface area (Å²) < 4.78 is 60.4. The summed E-state index contributed by atoms with van der Waals surface area (Å²) in [6.45, 7) is 10.0. The van der Waals surface area contributed by atoms with Crippen molar-refractivity contribution in [2.75, 3.05) is 32.7 Å². The molecule has 0 aromatic carbocycles. The van der Waals surface area contributed by atoms with Gasteiger partial charge in [-0.25, -0.2) is 0 Å². The Morgan fingerprint density at radius 1 is 0.959 bits per heavy atom. The zero-order valence-electron chi connectivity index (χ0n) is 30.9. The second kappa shape index (κ2) is 20.4. The number of ether oxygens (including phenoxy) is 5. The first-order chi connectivity index (χ1) is 23.5. The first-order valence-electron chi connectivity index (χ1n) is 19.1. The zero-order chi connectivity index (χ0) is 35.2. The zero-order valence-corrected chi connectivity index (χ0v) is 31.7. The van der Waals surface area contributed by atoms with Crippen LogP contribution in [0.15, 0.2) is 35.1 Å². The molecule has 4 rings (SSSR count). The predicted molar refractivity (Wildman–Crippen MR) is 191 cm³/mol. The standard InChI is InChI=1S/C39H64O9S/c1-28(2)14-12-15-29(3)16-13-18-35(47-37-19-7-10-22-44-37)39-34-25-32(24-33(34)26-36(39)48-38-20-8-11-23-45-38)31(27-46-49(5,41)42)17-6-9-21-43-30(4)40/h14,18,25,29,31,33-34,36-39H,6-13,15-17,19-24,26-27H2,1-5H3/t29-,31?,33?,34?,36+,37?,38?,39-/m1/s1. The van der Waals surface area contributed by atoms with Gasteiger partial charge in [0.2, 0.25) is 0 Å². The fraction of sp³-hybridized carbons (Fsp3) is 0.821. The smallest absolute Gasteiger partial charge is 0.302 e. The molecule has 0 N–H and O–H groups in total. The molecule has 0 aromatic heterocycles. The minimum Gasteiger partial charge on any atom is -0.469 e. The highest BCUT2D eigenvalue weighted by Crippen LogP contribution is 2.53. The van der Waals surface area contributed by atoms with Crippen molar-refractivity contribution < 1.29 is 41.1 Å². The molecule has 0 amide bonds. The maximum atomic E-state index is 12.0. The Balaban J connectivity index is 1.57. The van der Waals surface area contributed by atoms with Gasteiger partial charge in [0.25, 0.3) is 10.1 Å². The monoisotopic (exact) mass is 708 g/mol. The van der Waals surface area contributed by atoms with Crippen molar-refractivity contribution >= 4 is 16.1 Å². The van der Waals surface area contributed by atoms with E-state index >= 15 is 0 Å². The number of esters is 1. The number of rotatable bonds is 20. The van der Waals surface area contributed by atoms with Gasteiger partial charge in [0.1, 0.15) is 5.76 Å². The van der Waals surface area contributed by atoms with Crippen LogP contribution in [-0.2, 0) is 42.8 Å². The predicted octanol–water partition coefficient (Wildman–Crippen LogP) is 8.40. The van der Waals surface area contributed by atoms with Gasteiger partial charge >= 0.3 is 5.97 Å². The lowest BCUT2D eigenvalue weighted by molar-refractivity contribution is -0.200. The lowest BCUT2D eigenvalue weighted by Crippen LogP contribution is -2.34. The Hall–Kier alpha value is -1.72. The van der Waals surface area contributed by atoms with Crippen LogP contribution in [0, 0.1) is 29.6 Å². The molecule has 1 saturated carbocycles. The molecule has 2 saturated heterocycles. The summed E-state index contributed by atoms with van der Waals surface area (Å²) in [5.41, 5.74) is 2.62.